The van der Waals surface area contributed by atoms with E-state index in [1.54, 1.807) is 6.08 Å². The maximum Gasteiger partial charge on any atom is 0.252 e. The zero-order valence-electron chi connectivity index (χ0n) is 19.0. The monoisotopic (exact) mass is 438 g/mol. The number of likely N-dealkylation sites (tertiary alicyclic amines) is 1. The first-order valence-corrected chi connectivity index (χ1v) is 11.8. The number of fused-ring (bicyclic) bond motifs is 2. The number of carbonyl (C=O) groups is 1. The number of carbonyl (C=O) groups excluding carboxylic acids is 1. The van der Waals surface area contributed by atoms with Gasteiger partial charge in [0.2, 0.25) is 0 Å². The maximum absolute atomic E-state index is 12.8. The quantitative estimate of drug-likeness (QED) is 0.674. The summed E-state index contributed by atoms with van der Waals surface area (Å²) in [6, 6.07) is 2.04. The van der Waals surface area contributed by atoms with Crippen LogP contribution in [0.25, 0.3) is 10.8 Å². The van der Waals surface area contributed by atoms with Gasteiger partial charge in [-0.1, -0.05) is 14.7 Å². The molecule has 0 spiro atoms. The smallest absolute Gasteiger partial charge is 0.252 e. The van der Waals surface area contributed by atoms with E-state index in [1.807, 2.05) is 67.8 Å². The van der Waals surface area contributed by atoms with Crippen LogP contribution in [0.3, 0.4) is 0 Å². The molecule has 2 aromatic heterocycles. The molecule has 8 heteroatoms. The van der Waals surface area contributed by atoms with E-state index < -0.39 is 0 Å². The van der Waals surface area contributed by atoms with Gasteiger partial charge in [0.15, 0.2) is 0 Å². The summed E-state index contributed by atoms with van der Waals surface area (Å²) in [7, 11) is 6.48. The highest BCUT2D eigenvalue weighted by atomic mass is 31.1. The molecular weight excluding hydrogens is 407 g/mol. The van der Waals surface area contributed by atoms with Gasteiger partial charge in [-0.25, -0.2) is 4.52 Å². The Morgan fingerprint density at radius 2 is 1.87 bits per heavy atom. The van der Waals surface area contributed by atoms with Crippen LogP contribution in [-0.4, -0.2) is 75.2 Å². The topological polar surface area (TPSA) is 57.0 Å². The van der Waals surface area contributed by atoms with E-state index in [1.165, 1.54) is 12.8 Å². The summed E-state index contributed by atoms with van der Waals surface area (Å²) >= 11 is 0. The van der Waals surface area contributed by atoms with Crippen molar-refractivity contribution in [1.82, 2.24) is 29.3 Å². The van der Waals surface area contributed by atoms with Gasteiger partial charge < -0.3 is 14.7 Å². The predicted octanol–water partition coefficient (Wildman–Crippen LogP) is 3.22. The van der Waals surface area contributed by atoms with Crippen molar-refractivity contribution in [3.63, 3.8) is 0 Å². The van der Waals surface area contributed by atoms with Crippen molar-refractivity contribution < 1.29 is 4.79 Å². The van der Waals surface area contributed by atoms with Crippen molar-refractivity contribution in [2.24, 2.45) is 0 Å². The van der Waals surface area contributed by atoms with E-state index in [0.717, 1.165) is 46.7 Å². The van der Waals surface area contributed by atoms with Gasteiger partial charge in [-0.15, -0.1) is 0 Å². The number of aromatic nitrogens is 3. The highest BCUT2D eigenvalue weighted by Gasteiger charge is 2.30. The zero-order valence-corrected chi connectivity index (χ0v) is 20.0. The molecular formula is C23H31N6OP. The molecule has 0 N–H and O–H groups in total. The van der Waals surface area contributed by atoms with Crippen LogP contribution in [0.1, 0.15) is 29.9 Å². The summed E-state index contributed by atoms with van der Waals surface area (Å²) in [5.74, 6) is 0.132. The second-order valence-corrected chi connectivity index (χ2v) is 10.1. The lowest BCUT2D eigenvalue weighted by atomic mass is 10.2. The Hall–Kier alpha value is -2.50. The van der Waals surface area contributed by atoms with Crippen molar-refractivity contribution in [3.05, 3.63) is 59.5 Å². The summed E-state index contributed by atoms with van der Waals surface area (Å²) in [4.78, 5) is 23.6. The average molecular weight is 439 g/mol. The van der Waals surface area contributed by atoms with Crippen LogP contribution in [-0.2, 0) is 4.79 Å². The normalized spacial score (nSPS) is 21.4. The first-order chi connectivity index (χ1) is 14.8. The molecule has 31 heavy (non-hydrogen) atoms. The third-order valence-electron chi connectivity index (χ3n) is 5.35. The van der Waals surface area contributed by atoms with Gasteiger partial charge in [0, 0.05) is 30.7 Å². The number of nitrogens with zero attached hydrogens (tertiary/aromatic N) is 6. The fourth-order valence-electron chi connectivity index (χ4n) is 4.00. The first-order valence-electron chi connectivity index (χ1n) is 10.7. The minimum atomic E-state index is 0.0397. The van der Waals surface area contributed by atoms with Crippen molar-refractivity contribution in [1.29, 1.82) is 0 Å². The molecule has 2 atom stereocenters. The Bertz CT molecular complexity index is 1070. The van der Waals surface area contributed by atoms with E-state index in [2.05, 4.69) is 22.0 Å². The van der Waals surface area contributed by atoms with Crippen LogP contribution in [0.15, 0.2) is 42.4 Å². The molecule has 1 amide bonds. The van der Waals surface area contributed by atoms with Gasteiger partial charge in [0.1, 0.15) is 0 Å². The Balaban J connectivity index is 0.000000535. The summed E-state index contributed by atoms with van der Waals surface area (Å²) in [6.07, 6.45) is 12.5. The second-order valence-electron chi connectivity index (χ2n) is 8.67. The molecule has 3 aliphatic rings. The molecule has 0 radical (unpaired) electrons. The fourth-order valence-corrected chi connectivity index (χ4v) is 5.33. The molecule has 2 aromatic rings. The average Bonchev–Trinajstić information content (AvgIpc) is 3.37. The number of allylic oxidation sites excluding steroid dienone is 1. The second kappa shape index (κ2) is 8.93. The molecule has 0 aromatic carbocycles. The van der Waals surface area contributed by atoms with Crippen molar-refractivity contribution >= 4 is 25.3 Å². The van der Waals surface area contributed by atoms with Gasteiger partial charge in [0.05, 0.1) is 40.3 Å². The summed E-state index contributed by atoms with van der Waals surface area (Å²) < 4.78 is 1.87. The molecule has 5 rings (SSSR count). The standard InChI is InChI=1S/C20H22N5OP.C3H9N/c1-13-11-25-17(14(2)21-13)9-16(22-25)18-10-19(26)24-12-15(5-6-20(24)27-18)23-7-3-4-8-23;1-4(2)3/h5-6,9-12,20,27H,3-4,7-8H2,1-2H3;1-3H3. The molecule has 0 saturated carbocycles. The van der Waals surface area contributed by atoms with E-state index in [9.17, 15) is 4.79 Å². The molecule has 7 nitrogen and oxygen atoms in total. The van der Waals surface area contributed by atoms with Gasteiger partial charge >= 0.3 is 0 Å². The van der Waals surface area contributed by atoms with Crippen molar-refractivity contribution in [3.8, 4) is 0 Å². The third-order valence-corrected chi connectivity index (χ3v) is 6.83. The fraction of sp³-hybridized carbons (Fsp3) is 0.435. The van der Waals surface area contributed by atoms with Crippen LogP contribution in [0, 0.1) is 13.8 Å². The van der Waals surface area contributed by atoms with Gasteiger partial charge in [0.25, 0.3) is 5.91 Å². The number of rotatable bonds is 2. The number of hydrogen-bond donors (Lipinski definition) is 0. The Kier molecular flexibility index (Phi) is 6.26. The van der Waals surface area contributed by atoms with Crippen molar-refractivity contribution in [2.45, 2.75) is 32.5 Å². The highest BCUT2D eigenvalue weighted by Crippen LogP contribution is 2.44. The lowest BCUT2D eigenvalue weighted by Gasteiger charge is -2.35. The first kappa shape index (κ1) is 21.7. The molecule has 0 aliphatic carbocycles. The van der Waals surface area contributed by atoms with Crippen LogP contribution in [0.5, 0.6) is 0 Å². The SMILES string of the molecule is CN(C)C.Cc1cn2nc(C3=CC(=O)N4C=C(N5CCCC5)C=CC4P3)cc2c(C)n1. The van der Waals surface area contributed by atoms with Gasteiger partial charge in [-0.2, -0.15) is 5.10 Å². The predicted molar refractivity (Wildman–Crippen MR) is 127 cm³/mol. The van der Waals surface area contributed by atoms with E-state index >= 15 is 0 Å². The van der Waals surface area contributed by atoms with Crippen LogP contribution >= 0.6 is 8.58 Å². The summed E-state index contributed by atoms with van der Waals surface area (Å²) in [5.41, 5.74) is 4.92. The molecule has 0 bridgehead atoms. The number of aryl methyl sites for hydroxylation is 2. The highest BCUT2D eigenvalue weighted by molar-refractivity contribution is 7.51. The molecule has 2 unspecified atom stereocenters. The lowest BCUT2D eigenvalue weighted by molar-refractivity contribution is -0.123. The van der Waals surface area contributed by atoms with Crippen LogP contribution in [0.2, 0.25) is 0 Å². The Labute approximate surface area is 185 Å². The van der Waals surface area contributed by atoms with Crippen LogP contribution < -0.4 is 0 Å². The summed E-state index contributed by atoms with van der Waals surface area (Å²) in [5, 5.41) is 5.72. The largest absolute Gasteiger partial charge is 0.370 e. The minimum Gasteiger partial charge on any atom is -0.370 e. The molecule has 1 fully saturated rings. The Morgan fingerprint density at radius 1 is 1.16 bits per heavy atom. The Morgan fingerprint density at radius 3 is 2.58 bits per heavy atom. The molecule has 3 aliphatic heterocycles. The summed E-state index contributed by atoms with van der Waals surface area (Å²) in [6.45, 7) is 6.13. The van der Waals surface area contributed by atoms with Gasteiger partial charge in [-0.05, 0) is 60.0 Å². The molecule has 164 valence electrons. The maximum atomic E-state index is 12.8. The lowest BCUT2D eigenvalue weighted by Crippen LogP contribution is -2.37. The zero-order chi connectivity index (χ0) is 22.1. The van der Waals surface area contributed by atoms with E-state index in [4.69, 9.17) is 5.10 Å². The van der Waals surface area contributed by atoms with Crippen molar-refractivity contribution in [2.75, 3.05) is 34.2 Å². The van der Waals surface area contributed by atoms with E-state index in [0.29, 0.717) is 8.58 Å². The third kappa shape index (κ3) is 4.73. The minimum absolute atomic E-state index is 0.0397. The van der Waals surface area contributed by atoms with Crippen LogP contribution in [0.4, 0.5) is 0 Å². The molecule has 1 saturated heterocycles. The van der Waals surface area contributed by atoms with Gasteiger partial charge in [-0.3, -0.25) is 9.78 Å². The number of hydrogen-bond acceptors (Lipinski definition) is 5. The molecule has 5 heterocycles. The van der Waals surface area contributed by atoms with E-state index in [-0.39, 0.29) is 11.7 Å². The number of amides is 1.